The number of ether oxygens (including phenoxy) is 2. The molecule has 0 saturated carbocycles. The van der Waals surface area contributed by atoms with Crippen molar-refractivity contribution in [1.82, 2.24) is 4.90 Å². The van der Waals surface area contributed by atoms with Crippen LogP contribution in [-0.2, 0) is 0 Å². The maximum atomic E-state index is 12.4. The second-order valence-corrected chi connectivity index (χ2v) is 6.13. The Morgan fingerprint density at radius 2 is 1.87 bits per heavy atom. The van der Waals surface area contributed by atoms with Gasteiger partial charge in [0.05, 0.1) is 13.7 Å². The number of likely N-dealkylation sites (N-methyl/N-ethyl adjacent to an activating group) is 1. The number of hydrogen-bond donors (Lipinski definition) is 0. The van der Waals surface area contributed by atoms with E-state index in [1.165, 1.54) is 0 Å². The topological polar surface area (TPSA) is 38.8 Å². The fourth-order valence-electron chi connectivity index (χ4n) is 2.11. The Hall–Kier alpha value is -2.01. The van der Waals surface area contributed by atoms with Gasteiger partial charge in [0.2, 0.25) is 0 Å². The first-order valence-electron chi connectivity index (χ1n) is 7.29. The van der Waals surface area contributed by atoms with Crippen LogP contribution in [0.15, 0.2) is 46.9 Å². The molecule has 0 aromatic heterocycles. The number of amides is 1. The molecule has 1 amide bonds. The summed E-state index contributed by atoms with van der Waals surface area (Å²) in [5.74, 6) is 1.45. The van der Waals surface area contributed by atoms with Gasteiger partial charge in [-0.05, 0) is 48.9 Å². The third-order valence-corrected chi connectivity index (χ3v) is 4.04. The first-order valence-corrected chi connectivity index (χ1v) is 8.09. The van der Waals surface area contributed by atoms with Gasteiger partial charge < -0.3 is 14.4 Å². The molecule has 2 aromatic carbocycles. The minimum absolute atomic E-state index is 0.0530. The van der Waals surface area contributed by atoms with Gasteiger partial charge in [0.25, 0.3) is 5.91 Å². The largest absolute Gasteiger partial charge is 0.496 e. The number of methoxy groups -OCH3 is 1. The number of benzene rings is 2. The molecule has 0 saturated heterocycles. The summed E-state index contributed by atoms with van der Waals surface area (Å²) in [6, 6.07) is 13.1. The summed E-state index contributed by atoms with van der Waals surface area (Å²) < 4.78 is 11.9. The van der Waals surface area contributed by atoms with E-state index < -0.39 is 0 Å². The Balaban J connectivity index is 1.91. The lowest BCUT2D eigenvalue weighted by molar-refractivity contribution is 0.0773. The fraction of sp³-hybridized carbons (Fsp3) is 0.278. The van der Waals surface area contributed by atoms with Gasteiger partial charge in [-0.15, -0.1) is 0 Å². The minimum Gasteiger partial charge on any atom is -0.496 e. The average molecular weight is 378 g/mol. The third-order valence-electron chi connectivity index (χ3n) is 3.51. The van der Waals surface area contributed by atoms with Crippen molar-refractivity contribution in [1.29, 1.82) is 0 Å². The van der Waals surface area contributed by atoms with Crippen molar-refractivity contribution >= 4 is 21.8 Å². The van der Waals surface area contributed by atoms with E-state index in [2.05, 4.69) is 15.9 Å². The molecular weight excluding hydrogens is 358 g/mol. The SMILES string of the molecule is COc1cc(C(=O)N(C)CCOc2ccc(Br)cc2)ccc1C. The van der Waals surface area contributed by atoms with Gasteiger partial charge in [0.1, 0.15) is 18.1 Å². The van der Waals surface area contributed by atoms with E-state index in [9.17, 15) is 4.79 Å². The minimum atomic E-state index is -0.0530. The Labute approximate surface area is 145 Å². The zero-order valence-corrected chi connectivity index (χ0v) is 15.1. The van der Waals surface area contributed by atoms with Crippen molar-refractivity contribution < 1.29 is 14.3 Å². The van der Waals surface area contributed by atoms with Crippen molar-refractivity contribution in [2.45, 2.75) is 6.92 Å². The summed E-state index contributed by atoms with van der Waals surface area (Å²) >= 11 is 3.38. The molecule has 0 bridgehead atoms. The number of nitrogens with zero attached hydrogens (tertiary/aromatic N) is 1. The van der Waals surface area contributed by atoms with E-state index >= 15 is 0 Å². The van der Waals surface area contributed by atoms with Crippen LogP contribution >= 0.6 is 15.9 Å². The van der Waals surface area contributed by atoms with E-state index in [0.717, 1.165) is 21.5 Å². The number of carbonyl (C=O) groups excluding carboxylic acids is 1. The highest BCUT2D eigenvalue weighted by molar-refractivity contribution is 9.10. The molecule has 2 aromatic rings. The van der Waals surface area contributed by atoms with Gasteiger partial charge in [-0.1, -0.05) is 22.0 Å². The maximum Gasteiger partial charge on any atom is 0.253 e. The van der Waals surface area contributed by atoms with Crippen LogP contribution in [0.1, 0.15) is 15.9 Å². The molecule has 0 heterocycles. The summed E-state index contributed by atoms with van der Waals surface area (Å²) in [5, 5.41) is 0. The molecule has 2 rings (SSSR count). The van der Waals surface area contributed by atoms with Crippen molar-refractivity contribution in [3.05, 3.63) is 58.1 Å². The van der Waals surface area contributed by atoms with Crippen LogP contribution in [0, 0.1) is 6.92 Å². The predicted molar refractivity (Wildman–Crippen MR) is 94.3 cm³/mol. The highest BCUT2D eigenvalue weighted by Gasteiger charge is 2.13. The second-order valence-electron chi connectivity index (χ2n) is 5.21. The molecular formula is C18H20BrNO3. The second kappa shape index (κ2) is 8.02. The molecule has 0 atom stereocenters. The molecule has 0 aliphatic heterocycles. The summed E-state index contributed by atoms with van der Waals surface area (Å²) in [6.07, 6.45) is 0. The molecule has 5 heteroatoms. The van der Waals surface area contributed by atoms with Crippen LogP contribution in [0.5, 0.6) is 11.5 Å². The van der Waals surface area contributed by atoms with Gasteiger partial charge in [-0.2, -0.15) is 0 Å². The fourth-order valence-corrected chi connectivity index (χ4v) is 2.37. The Morgan fingerprint density at radius 3 is 2.52 bits per heavy atom. The molecule has 0 aliphatic rings. The smallest absolute Gasteiger partial charge is 0.253 e. The van der Waals surface area contributed by atoms with Gasteiger partial charge in [0, 0.05) is 17.1 Å². The van der Waals surface area contributed by atoms with Crippen LogP contribution in [0.2, 0.25) is 0 Å². The molecule has 0 N–H and O–H groups in total. The highest BCUT2D eigenvalue weighted by atomic mass is 79.9. The third kappa shape index (κ3) is 4.73. The first kappa shape index (κ1) is 17.3. The molecule has 0 aliphatic carbocycles. The van der Waals surface area contributed by atoms with Crippen LogP contribution < -0.4 is 9.47 Å². The van der Waals surface area contributed by atoms with Gasteiger partial charge >= 0.3 is 0 Å². The lowest BCUT2D eigenvalue weighted by atomic mass is 10.1. The lowest BCUT2D eigenvalue weighted by Crippen LogP contribution is -2.30. The molecule has 23 heavy (non-hydrogen) atoms. The first-order chi connectivity index (χ1) is 11.0. The van der Waals surface area contributed by atoms with Crippen molar-refractivity contribution in [2.75, 3.05) is 27.3 Å². The van der Waals surface area contributed by atoms with Crippen LogP contribution in [0.3, 0.4) is 0 Å². The zero-order chi connectivity index (χ0) is 16.8. The maximum absolute atomic E-state index is 12.4. The molecule has 0 fully saturated rings. The van der Waals surface area contributed by atoms with Crippen molar-refractivity contribution in [2.24, 2.45) is 0 Å². The standard InChI is InChI=1S/C18H20BrNO3/c1-13-4-5-14(12-17(13)22-3)18(21)20(2)10-11-23-16-8-6-15(19)7-9-16/h4-9,12H,10-11H2,1-3H3. The lowest BCUT2D eigenvalue weighted by Gasteiger charge is -2.18. The molecule has 122 valence electrons. The predicted octanol–water partition coefficient (Wildman–Crippen LogP) is 3.92. The van der Waals surface area contributed by atoms with E-state index in [1.54, 1.807) is 25.1 Å². The molecule has 0 radical (unpaired) electrons. The van der Waals surface area contributed by atoms with E-state index in [-0.39, 0.29) is 5.91 Å². The number of halogens is 1. The monoisotopic (exact) mass is 377 g/mol. The molecule has 0 spiro atoms. The van der Waals surface area contributed by atoms with Gasteiger partial charge in [-0.3, -0.25) is 4.79 Å². The molecule has 0 unspecified atom stereocenters. The summed E-state index contributed by atoms with van der Waals surface area (Å²) in [5.41, 5.74) is 1.61. The van der Waals surface area contributed by atoms with E-state index in [4.69, 9.17) is 9.47 Å². The van der Waals surface area contributed by atoms with Crippen LogP contribution in [0.25, 0.3) is 0 Å². The summed E-state index contributed by atoms with van der Waals surface area (Å²) in [6.45, 7) is 2.89. The zero-order valence-electron chi connectivity index (χ0n) is 13.5. The van der Waals surface area contributed by atoms with Crippen molar-refractivity contribution in [3.63, 3.8) is 0 Å². The summed E-state index contributed by atoms with van der Waals surface area (Å²) in [4.78, 5) is 14.1. The normalized spacial score (nSPS) is 10.3. The van der Waals surface area contributed by atoms with Gasteiger partial charge in [-0.25, -0.2) is 0 Å². The van der Waals surface area contributed by atoms with Crippen molar-refractivity contribution in [3.8, 4) is 11.5 Å². The van der Waals surface area contributed by atoms with E-state index in [1.807, 2.05) is 43.3 Å². The number of rotatable bonds is 6. The summed E-state index contributed by atoms with van der Waals surface area (Å²) in [7, 11) is 3.37. The molecule has 4 nitrogen and oxygen atoms in total. The number of carbonyl (C=O) groups is 1. The number of aryl methyl sites for hydroxylation is 1. The van der Waals surface area contributed by atoms with Crippen LogP contribution in [0.4, 0.5) is 0 Å². The van der Waals surface area contributed by atoms with Crippen LogP contribution in [-0.4, -0.2) is 38.1 Å². The van der Waals surface area contributed by atoms with E-state index in [0.29, 0.717) is 18.7 Å². The average Bonchev–Trinajstić information content (AvgIpc) is 2.56. The highest BCUT2D eigenvalue weighted by Crippen LogP contribution is 2.20. The Morgan fingerprint density at radius 1 is 1.17 bits per heavy atom. The Kier molecular flexibility index (Phi) is 6.04. The quantitative estimate of drug-likeness (QED) is 0.765. The van der Waals surface area contributed by atoms with Gasteiger partial charge in [0.15, 0.2) is 0 Å². The number of hydrogen-bond acceptors (Lipinski definition) is 3. The Bertz CT molecular complexity index is 670.